The lowest BCUT2D eigenvalue weighted by atomic mass is 9.95. The van der Waals surface area contributed by atoms with E-state index in [-0.39, 0.29) is 0 Å². The number of para-hydroxylation sites is 2. The van der Waals surface area contributed by atoms with Gasteiger partial charge in [0.1, 0.15) is 0 Å². The minimum Gasteiger partial charge on any atom is -0.311 e. The zero-order valence-corrected chi connectivity index (χ0v) is 34.0. The first kappa shape index (κ1) is 39.1. The number of anilines is 6. The summed E-state index contributed by atoms with van der Waals surface area (Å²) >= 11 is 0. The predicted octanol–water partition coefficient (Wildman–Crippen LogP) is 16.3. The normalized spacial score (nSPS) is 15.1. The molecule has 1 aliphatic rings. The molecule has 3 unspecified atom stereocenters. The van der Waals surface area contributed by atoms with Gasteiger partial charge in [-0.05, 0) is 138 Å². The summed E-state index contributed by atoms with van der Waals surface area (Å²) in [5.41, 5.74) is 13.4. The van der Waals surface area contributed by atoms with Gasteiger partial charge in [-0.3, -0.25) is 0 Å². The molecule has 0 fully saturated rings. The van der Waals surface area contributed by atoms with E-state index in [1.54, 1.807) is 0 Å². The van der Waals surface area contributed by atoms with Crippen LogP contribution in [0.2, 0.25) is 0 Å². The van der Waals surface area contributed by atoms with Gasteiger partial charge in [0.15, 0.2) is 0 Å². The van der Waals surface area contributed by atoms with E-state index < -0.39 is 0 Å². The molecular weight excluding hydrogens is 689 g/mol. The van der Waals surface area contributed by atoms with Gasteiger partial charge in [0.25, 0.3) is 0 Å². The van der Waals surface area contributed by atoms with Crippen LogP contribution in [0.5, 0.6) is 0 Å². The third-order valence-corrected chi connectivity index (χ3v) is 11.3. The fourth-order valence-corrected chi connectivity index (χ4v) is 7.60. The van der Waals surface area contributed by atoms with Gasteiger partial charge in [-0.25, -0.2) is 0 Å². The third-order valence-electron chi connectivity index (χ3n) is 11.3. The molecule has 0 spiro atoms. The topological polar surface area (TPSA) is 6.48 Å². The Morgan fingerprint density at radius 1 is 0.509 bits per heavy atom. The molecule has 0 aromatic heterocycles. The Bertz CT molecular complexity index is 2260. The summed E-state index contributed by atoms with van der Waals surface area (Å²) in [7, 11) is 0. The molecule has 0 heterocycles. The Hall–Kier alpha value is -6.12. The van der Waals surface area contributed by atoms with Crippen molar-refractivity contribution < 1.29 is 0 Å². The van der Waals surface area contributed by atoms with E-state index in [0.717, 1.165) is 35.6 Å². The van der Waals surface area contributed by atoms with Crippen LogP contribution in [0.1, 0.15) is 87.5 Å². The fraction of sp³-hybridized carbons (Fsp3) is 0.200. The van der Waals surface area contributed by atoms with Crippen molar-refractivity contribution in [2.75, 3.05) is 9.80 Å². The van der Waals surface area contributed by atoms with E-state index in [1.807, 2.05) is 0 Å². The average molecular weight is 745 g/mol. The van der Waals surface area contributed by atoms with E-state index >= 15 is 0 Å². The average Bonchev–Trinajstić information content (AvgIpc) is 3.27. The Kier molecular flexibility index (Phi) is 13.1. The van der Waals surface area contributed by atoms with Crippen molar-refractivity contribution in [1.82, 2.24) is 0 Å². The molecule has 3 atom stereocenters. The monoisotopic (exact) mass is 744 g/mol. The summed E-state index contributed by atoms with van der Waals surface area (Å²) in [5.74, 6) is 1.50. The molecule has 0 amide bonds. The van der Waals surface area contributed by atoms with Crippen LogP contribution >= 0.6 is 0 Å². The van der Waals surface area contributed by atoms with Gasteiger partial charge in [0.2, 0.25) is 0 Å². The van der Waals surface area contributed by atoms with Crippen molar-refractivity contribution in [1.29, 1.82) is 0 Å². The second kappa shape index (κ2) is 19.2. The van der Waals surface area contributed by atoms with Crippen LogP contribution in [0.25, 0.3) is 12.2 Å². The smallest absolute Gasteiger partial charge is 0.0462 e. The number of hydrogen-bond acceptors (Lipinski definition) is 2. The highest BCUT2D eigenvalue weighted by Gasteiger charge is 2.15. The molecule has 2 heteroatoms. The zero-order chi connectivity index (χ0) is 39.4. The molecule has 0 saturated heterocycles. The van der Waals surface area contributed by atoms with Gasteiger partial charge in [-0.1, -0.05) is 162 Å². The van der Waals surface area contributed by atoms with Crippen LogP contribution in [0.3, 0.4) is 0 Å². The van der Waals surface area contributed by atoms with Crippen molar-refractivity contribution in [2.45, 2.75) is 65.2 Å². The maximum Gasteiger partial charge on any atom is 0.0462 e. The van der Waals surface area contributed by atoms with Gasteiger partial charge in [-0.15, -0.1) is 0 Å². The molecule has 7 rings (SSSR count). The van der Waals surface area contributed by atoms with Crippen LogP contribution in [-0.4, -0.2) is 0 Å². The summed E-state index contributed by atoms with van der Waals surface area (Å²) in [6.07, 6.45) is 20.5. The Labute approximate surface area is 341 Å². The van der Waals surface area contributed by atoms with Crippen molar-refractivity contribution in [3.63, 3.8) is 0 Å². The van der Waals surface area contributed by atoms with E-state index in [2.05, 4.69) is 238 Å². The van der Waals surface area contributed by atoms with E-state index in [1.165, 1.54) is 52.0 Å². The Balaban J connectivity index is 0.980. The quantitative estimate of drug-likeness (QED) is 0.103. The van der Waals surface area contributed by atoms with Crippen molar-refractivity contribution in [3.05, 3.63) is 216 Å². The third kappa shape index (κ3) is 10.0. The lowest BCUT2D eigenvalue weighted by Gasteiger charge is -2.26. The van der Waals surface area contributed by atoms with Crippen molar-refractivity contribution >= 4 is 46.3 Å². The number of rotatable bonds is 15. The minimum absolute atomic E-state index is 0.374. The molecule has 2 nitrogen and oxygen atoms in total. The van der Waals surface area contributed by atoms with Crippen LogP contribution in [0, 0.1) is 5.92 Å². The van der Waals surface area contributed by atoms with Gasteiger partial charge >= 0.3 is 0 Å². The largest absolute Gasteiger partial charge is 0.311 e. The van der Waals surface area contributed by atoms with Gasteiger partial charge in [0.05, 0.1) is 0 Å². The van der Waals surface area contributed by atoms with Crippen LogP contribution < -0.4 is 9.80 Å². The summed E-state index contributed by atoms with van der Waals surface area (Å²) in [6.45, 7) is 9.12. The van der Waals surface area contributed by atoms with Crippen molar-refractivity contribution in [2.24, 2.45) is 5.92 Å². The standard InChI is InChI=1S/C55H56N2/c1-5-13-43(4)49-32-40-55(41-33-49)57(51-16-11-8-12-17-51)53-36-28-47(29-37-53)25-23-45-20-18-44(19-21-45)22-24-46-26-34-52(35-27-46)56(50-14-9-7-10-15-50)54-38-30-48(31-39-54)42(3)6-2/h7-12,14-18,20-44H,5-6,13,19H2,1-4H3/b24-22+,25-23+. The first-order valence-electron chi connectivity index (χ1n) is 20.8. The number of benzene rings is 6. The highest BCUT2D eigenvalue weighted by Crippen LogP contribution is 2.37. The van der Waals surface area contributed by atoms with Crippen LogP contribution in [0.15, 0.2) is 194 Å². The number of nitrogens with zero attached hydrogens (tertiary/aromatic N) is 2. The van der Waals surface area contributed by atoms with Crippen LogP contribution in [-0.2, 0) is 0 Å². The molecular formula is C55H56N2. The van der Waals surface area contributed by atoms with E-state index in [9.17, 15) is 0 Å². The highest BCUT2D eigenvalue weighted by atomic mass is 15.1. The van der Waals surface area contributed by atoms with Gasteiger partial charge in [0, 0.05) is 34.1 Å². The summed E-state index contributed by atoms with van der Waals surface area (Å²) in [4.78, 5) is 4.67. The zero-order valence-electron chi connectivity index (χ0n) is 34.0. The second-order valence-electron chi connectivity index (χ2n) is 15.4. The van der Waals surface area contributed by atoms with Crippen molar-refractivity contribution in [3.8, 4) is 0 Å². The molecule has 286 valence electrons. The maximum atomic E-state index is 2.34. The van der Waals surface area contributed by atoms with Gasteiger partial charge in [-0.2, -0.15) is 0 Å². The highest BCUT2D eigenvalue weighted by molar-refractivity contribution is 5.78. The van der Waals surface area contributed by atoms with Gasteiger partial charge < -0.3 is 9.80 Å². The van der Waals surface area contributed by atoms with Crippen LogP contribution in [0.4, 0.5) is 34.1 Å². The molecule has 57 heavy (non-hydrogen) atoms. The summed E-state index contributed by atoms with van der Waals surface area (Å²) < 4.78 is 0. The molecule has 0 N–H and O–H groups in total. The number of hydrogen-bond donors (Lipinski definition) is 0. The SMILES string of the molecule is CCCC(C)c1ccc(N(c2ccccc2)c2ccc(/C=C/C3=CCC(/C=C/c4ccc(N(c5ccccc5)c5ccc(C(C)CC)cc5)cc4)C=C3)cc2)cc1. The lowest BCUT2D eigenvalue weighted by Crippen LogP contribution is -2.10. The first-order valence-corrected chi connectivity index (χ1v) is 20.8. The summed E-state index contributed by atoms with van der Waals surface area (Å²) in [5, 5.41) is 0. The molecule has 1 aliphatic carbocycles. The Morgan fingerprint density at radius 3 is 1.39 bits per heavy atom. The van der Waals surface area contributed by atoms with E-state index in [4.69, 9.17) is 0 Å². The summed E-state index contributed by atoms with van der Waals surface area (Å²) in [6, 6.07) is 57.2. The molecule has 0 saturated carbocycles. The fourth-order valence-electron chi connectivity index (χ4n) is 7.60. The molecule has 0 radical (unpaired) electrons. The first-order chi connectivity index (χ1) is 28.0. The Morgan fingerprint density at radius 2 is 0.947 bits per heavy atom. The van der Waals surface area contributed by atoms with E-state index in [0.29, 0.717) is 17.8 Å². The molecule has 0 aliphatic heterocycles. The molecule has 6 aromatic rings. The maximum absolute atomic E-state index is 2.34. The minimum atomic E-state index is 0.374. The molecule has 0 bridgehead atoms. The second-order valence-corrected chi connectivity index (χ2v) is 15.4. The predicted molar refractivity (Wildman–Crippen MR) is 248 cm³/mol. The number of allylic oxidation sites excluding steroid dienone is 6. The lowest BCUT2D eigenvalue weighted by molar-refractivity contribution is 0.665. The molecule has 6 aromatic carbocycles.